The highest BCUT2D eigenvalue weighted by Crippen LogP contribution is 2.27. The maximum atomic E-state index is 13.1. The third kappa shape index (κ3) is 4.32. The van der Waals surface area contributed by atoms with Crippen LogP contribution in [-0.2, 0) is 4.79 Å². The first-order chi connectivity index (χ1) is 14.5. The van der Waals surface area contributed by atoms with E-state index in [1.165, 1.54) is 12.1 Å². The van der Waals surface area contributed by atoms with Crippen LogP contribution in [0.4, 0.5) is 10.1 Å². The highest BCUT2D eigenvalue weighted by molar-refractivity contribution is 5.91. The summed E-state index contributed by atoms with van der Waals surface area (Å²) in [4.78, 5) is 30.6. The van der Waals surface area contributed by atoms with Crippen LogP contribution < -0.4 is 4.90 Å². The van der Waals surface area contributed by atoms with Gasteiger partial charge in [-0.3, -0.25) is 9.59 Å². The molecule has 0 radical (unpaired) electrons. The fourth-order valence-electron chi connectivity index (χ4n) is 4.23. The van der Waals surface area contributed by atoms with Gasteiger partial charge in [0.15, 0.2) is 0 Å². The largest absolute Gasteiger partial charge is 0.368 e. The summed E-state index contributed by atoms with van der Waals surface area (Å²) in [7, 11) is 0. The van der Waals surface area contributed by atoms with Crippen molar-refractivity contribution < 1.29 is 18.5 Å². The molecule has 160 valence electrons. The van der Waals surface area contributed by atoms with E-state index in [1.54, 1.807) is 23.1 Å². The van der Waals surface area contributed by atoms with E-state index in [2.05, 4.69) is 10.1 Å². The Morgan fingerprint density at radius 3 is 2.53 bits per heavy atom. The van der Waals surface area contributed by atoms with Gasteiger partial charge in [-0.1, -0.05) is 12.1 Å². The minimum Gasteiger partial charge on any atom is -0.368 e. The summed E-state index contributed by atoms with van der Waals surface area (Å²) < 4.78 is 18.5. The molecule has 2 fully saturated rings. The number of piperazine rings is 1. The Morgan fingerprint density at radius 2 is 1.83 bits per heavy atom. The summed E-state index contributed by atoms with van der Waals surface area (Å²) in [5.74, 6) is 0.0891. The van der Waals surface area contributed by atoms with Crippen LogP contribution in [0.1, 0.15) is 48.4 Å². The molecule has 2 amide bonds. The van der Waals surface area contributed by atoms with Gasteiger partial charge in [-0.2, -0.15) is 0 Å². The normalized spacial score (nSPS) is 19.8. The number of halogens is 1. The molecule has 2 aliphatic heterocycles. The third-order valence-electron chi connectivity index (χ3n) is 5.99. The van der Waals surface area contributed by atoms with Gasteiger partial charge in [-0.25, -0.2) is 4.39 Å². The topological polar surface area (TPSA) is 69.9 Å². The lowest BCUT2D eigenvalue weighted by Crippen LogP contribution is -2.48. The zero-order chi connectivity index (χ0) is 21.1. The van der Waals surface area contributed by atoms with Gasteiger partial charge < -0.3 is 19.2 Å². The number of amides is 2. The number of carbonyl (C=O) groups is 2. The number of likely N-dealkylation sites (tertiary alicyclic amines) is 1. The second-order valence-electron chi connectivity index (χ2n) is 7.90. The van der Waals surface area contributed by atoms with Gasteiger partial charge in [0, 0.05) is 63.4 Å². The average Bonchev–Trinajstić information content (AvgIpc) is 3.29. The molecule has 8 heteroatoms. The van der Waals surface area contributed by atoms with E-state index in [0.717, 1.165) is 30.8 Å². The number of carbonyl (C=O) groups excluding carboxylic acids is 2. The molecule has 4 rings (SSSR count). The van der Waals surface area contributed by atoms with Gasteiger partial charge in [0.1, 0.15) is 5.82 Å². The lowest BCUT2D eigenvalue weighted by atomic mass is 9.94. The van der Waals surface area contributed by atoms with Crippen LogP contribution in [0.5, 0.6) is 0 Å². The van der Waals surface area contributed by atoms with Crippen LogP contribution in [0.25, 0.3) is 0 Å². The monoisotopic (exact) mass is 414 g/mol. The summed E-state index contributed by atoms with van der Waals surface area (Å²) >= 11 is 0. The fraction of sp³-hybridized carbons (Fsp3) is 0.500. The Bertz CT molecular complexity index is 890. The number of benzene rings is 1. The average molecular weight is 414 g/mol. The SMILES string of the molecule is CCC(=O)N1CCC[C@H](c2cc(C(=O)N3CCN(c4ccc(F)cc4)CC3)on2)C1. The second-order valence-corrected chi connectivity index (χ2v) is 7.90. The van der Waals surface area contributed by atoms with Crippen molar-refractivity contribution in [1.29, 1.82) is 0 Å². The number of anilines is 1. The predicted octanol–water partition coefficient (Wildman–Crippen LogP) is 2.89. The molecule has 30 heavy (non-hydrogen) atoms. The van der Waals surface area contributed by atoms with Gasteiger partial charge in [-0.15, -0.1) is 0 Å². The van der Waals surface area contributed by atoms with Gasteiger partial charge in [-0.05, 0) is 37.1 Å². The van der Waals surface area contributed by atoms with E-state index in [9.17, 15) is 14.0 Å². The molecule has 1 aromatic carbocycles. The molecule has 0 saturated carbocycles. The molecule has 0 aliphatic carbocycles. The van der Waals surface area contributed by atoms with Crippen LogP contribution in [-0.4, -0.2) is 66.0 Å². The second kappa shape index (κ2) is 8.85. The van der Waals surface area contributed by atoms with Gasteiger partial charge in [0.05, 0.1) is 5.69 Å². The first-order valence-electron chi connectivity index (χ1n) is 10.6. The fourth-order valence-corrected chi connectivity index (χ4v) is 4.23. The molecule has 1 aromatic heterocycles. The molecular weight excluding hydrogens is 387 g/mol. The van der Waals surface area contributed by atoms with Crippen molar-refractivity contribution in [3.05, 3.63) is 47.6 Å². The summed E-state index contributed by atoms with van der Waals surface area (Å²) in [6.07, 6.45) is 2.36. The van der Waals surface area contributed by atoms with Crippen molar-refractivity contribution in [2.75, 3.05) is 44.2 Å². The van der Waals surface area contributed by atoms with E-state index in [4.69, 9.17) is 4.52 Å². The Morgan fingerprint density at radius 1 is 1.10 bits per heavy atom. The van der Waals surface area contributed by atoms with Gasteiger partial charge in [0.2, 0.25) is 11.7 Å². The number of rotatable bonds is 4. The molecule has 0 bridgehead atoms. The molecule has 0 unspecified atom stereocenters. The van der Waals surface area contributed by atoms with Crippen LogP contribution in [0, 0.1) is 5.82 Å². The standard InChI is InChI=1S/C22H27FN4O3/c1-2-21(28)27-9-3-4-16(15-27)19-14-20(30-24-19)22(29)26-12-10-25(11-13-26)18-7-5-17(23)6-8-18/h5-8,14,16H,2-4,9-13,15H2,1H3/t16-/m0/s1. The van der Waals surface area contributed by atoms with E-state index >= 15 is 0 Å². The third-order valence-corrected chi connectivity index (χ3v) is 5.99. The summed E-state index contributed by atoms with van der Waals surface area (Å²) in [5.41, 5.74) is 1.70. The van der Waals surface area contributed by atoms with Crippen molar-refractivity contribution in [3.8, 4) is 0 Å². The van der Waals surface area contributed by atoms with E-state index < -0.39 is 0 Å². The van der Waals surface area contributed by atoms with Crippen molar-refractivity contribution in [2.24, 2.45) is 0 Å². The van der Waals surface area contributed by atoms with Gasteiger partial charge in [0.25, 0.3) is 5.91 Å². The number of aromatic nitrogens is 1. The molecule has 2 aromatic rings. The van der Waals surface area contributed by atoms with Crippen LogP contribution in [0.15, 0.2) is 34.9 Å². The van der Waals surface area contributed by atoms with Crippen LogP contribution in [0.3, 0.4) is 0 Å². The van der Waals surface area contributed by atoms with E-state index in [-0.39, 0.29) is 29.3 Å². The van der Waals surface area contributed by atoms with Crippen molar-refractivity contribution in [3.63, 3.8) is 0 Å². The van der Waals surface area contributed by atoms with Crippen LogP contribution in [0.2, 0.25) is 0 Å². The number of hydrogen-bond acceptors (Lipinski definition) is 5. The summed E-state index contributed by atoms with van der Waals surface area (Å²) in [6, 6.07) is 8.14. The van der Waals surface area contributed by atoms with E-state index in [1.807, 2.05) is 11.8 Å². The maximum Gasteiger partial charge on any atom is 0.292 e. The Balaban J connectivity index is 1.35. The quantitative estimate of drug-likeness (QED) is 0.770. The molecule has 0 spiro atoms. The van der Waals surface area contributed by atoms with Gasteiger partial charge >= 0.3 is 0 Å². The zero-order valence-corrected chi connectivity index (χ0v) is 17.2. The van der Waals surface area contributed by atoms with Crippen molar-refractivity contribution >= 4 is 17.5 Å². The molecule has 7 nitrogen and oxygen atoms in total. The summed E-state index contributed by atoms with van der Waals surface area (Å²) in [6.45, 7) is 5.76. The molecule has 0 N–H and O–H groups in total. The Kier molecular flexibility index (Phi) is 6.01. The number of hydrogen-bond donors (Lipinski definition) is 0. The molecule has 3 heterocycles. The molecular formula is C22H27FN4O3. The first kappa shape index (κ1) is 20.4. The lowest BCUT2D eigenvalue weighted by Gasteiger charge is -2.35. The minimum atomic E-state index is -0.256. The molecule has 2 aliphatic rings. The Labute approximate surface area is 175 Å². The number of nitrogens with zero attached hydrogens (tertiary/aromatic N) is 4. The number of piperidine rings is 1. The Hall–Kier alpha value is -2.90. The summed E-state index contributed by atoms with van der Waals surface area (Å²) in [5, 5.41) is 4.14. The maximum absolute atomic E-state index is 13.1. The molecule has 1 atom stereocenters. The van der Waals surface area contributed by atoms with Crippen LogP contribution >= 0.6 is 0 Å². The zero-order valence-electron chi connectivity index (χ0n) is 17.2. The highest BCUT2D eigenvalue weighted by Gasteiger charge is 2.29. The predicted molar refractivity (Wildman–Crippen MR) is 110 cm³/mol. The van der Waals surface area contributed by atoms with Crippen molar-refractivity contribution in [2.45, 2.75) is 32.1 Å². The smallest absolute Gasteiger partial charge is 0.292 e. The van der Waals surface area contributed by atoms with Crippen molar-refractivity contribution in [1.82, 2.24) is 15.0 Å². The first-order valence-corrected chi connectivity index (χ1v) is 10.6. The lowest BCUT2D eigenvalue weighted by molar-refractivity contribution is -0.132. The highest BCUT2D eigenvalue weighted by atomic mass is 19.1. The minimum absolute atomic E-state index is 0.106. The molecule has 2 saturated heterocycles. The van der Waals surface area contributed by atoms with E-state index in [0.29, 0.717) is 39.1 Å².